The molecular weight excluding hydrogens is 288 g/mol. The van der Waals surface area contributed by atoms with Crippen LogP contribution in [0.2, 0.25) is 0 Å². The van der Waals surface area contributed by atoms with Crippen LogP contribution < -0.4 is 5.84 Å². The number of hydrazine groups is 1. The molecule has 1 saturated heterocycles. The summed E-state index contributed by atoms with van der Waals surface area (Å²) >= 11 is 0. The van der Waals surface area contributed by atoms with Gasteiger partial charge in [-0.05, 0) is 37.6 Å². The van der Waals surface area contributed by atoms with Gasteiger partial charge in [0.2, 0.25) is 0 Å². The molecule has 126 valence electrons. The molecule has 3 rings (SSSR count). The molecule has 0 bridgehead atoms. The van der Waals surface area contributed by atoms with E-state index in [1.165, 1.54) is 23.4 Å². The van der Waals surface area contributed by atoms with Crippen molar-refractivity contribution in [2.24, 2.45) is 5.84 Å². The number of rotatable bonds is 4. The van der Waals surface area contributed by atoms with E-state index in [2.05, 4.69) is 29.0 Å². The van der Waals surface area contributed by atoms with Gasteiger partial charge in [-0.15, -0.1) is 0 Å². The number of benzene rings is 1. The molecule has 0 radical (unpaired) electrons. The summed E-state index contributed by atoms with van der Waals surface area (Å²) in [4.78, 5) is 17.3. The minimum Gasteiger partial charge on any atom is -0.304 e. The normalized spacial score (nSPS) is 20.8. The third kappa shape index (κ3) is 4.10. The molecule has 1 saturated carbocycles. The lowest BCUT2D eigenvalue weighted by Gasteiger charge is -2.32. The van der Waals surface area contributed by atoms with Crippen LogP contribution in [0.4, 0.5) is 0 Å². The fourth-order valence-corrected chi connectivity index (χ4v) is 3.51. The average Bonchev–Trinajstić information content (AvgIpc) is 3.11. The summed E-state index contributed by atoms with van der Waals surface area (Å²) in [6.45, 7) is 5.42. The van der Waals surface area contributed by atoms with Gasteiger partial charge >= 0.3 is 0 Å². The highest BCUT2D eigenvalue weighted by Crippen LogP contribution is 2.22. The monoisotopic (exact) mass is 316 g/mol. The average molecular weight is 316 g/mol. The Labute approximate surface area is 139 Å². The molecule has 0 aromatic heterocycles. The fraction of sp³-hybridized carbons (Fsp3) is 0.611. The summed E-state index contributed by atoms with van der Waals surface area (Å²) in [5.74, 6) is 5.97. The van der Waals surface area contributed by atoms with E-state index in [4.69, 9.17) is 5.84 Å². The zero-order valence-corrected chi connectivity index (χ0v) is 14.1. The van der Waals surface area contributed by atoms with Gasteiger partial charge in [-0.2, -0.15) is 0 Å². The van der Waals surface area contributed by atoms with Crippen molar-refractivity contribution in [3.8, 4) is 0 Å². The van der Waals surface area contributed by atoms with Crippen molar-refractivity contribution >= 4 is 5.91 Å². The second-order valence-corrected chi connectivity index (χ2v) is 6.93. The molecule has 0 atom stereocenters. The van der Waals surface area contributed by atoms with Gasteiger partial charge in [-0.25, -0.2) is 5.84 Å². The maximum atomic E-state index is 12.5. The van der Waals surface area contributed by atoms with E-state index in [1.807, 2.05) is 12.1 Å². The maximum absolute atomic E-state index is 12.5. The molecule has 1 aliphatic heterocycles. The molecule has 1 amide bonds. The number of hydrogen-bond acceptors (Lipinski definition) is 4. The molecule has 5 nitrogen and oxygen atoms in total. The Balaban J connectivity index is 1.57. The van der Waals surface area contributed by atoms with Gasteiger partial charge in [0.05, 0.1) is 0 Å². The highest BCUT2D eigenvalue weighted by atomic mass is 16.2. The zero-order chi connectivity index (χ0) is 16.2. The van der Waals surface area contributed by atoms with E-state index in [9.17, 15) is 4.79 Å². The van der Waals surface area contributed by atoms with E-state index >= 15 is 0 Å². The van der Waals surface area contributed by atoms with Crippen molar-refractivity contribution in [2.45, 2.75) is 38.3 Å². The summed E-state index contributed by atoms with van der Waals surface area (Å²) in [6, 6.07) is 8.18. The lowest BCUT2D eigenvalue weighted by Crippen LogP contribution is -2.44. The van der Waals surface area contributed by atoms with E-state index in [0.29, 0.717) is 5.56 Å². The van der Waals surface area contributed by atoms with Crippen LogP contribution in [0.15, 0.2) is 24.3 Å². The van der Waals surface area contributed by atoms with E-state index in [0.717, 1.165) is 45.6 Å². The second kappa shape index (κ2) is 7.43. The molecule has 0 spiro atoms. The van der Waals surface area contributed by atoms with Gasteiger partial charge < -0.3 is 4.90 Å². The molecular formula is C18H28N4O. The Kier molecular flexibility index (Phi) is 5.30. The highest BCUT2D eigenvalue weighted by Gasteiger charge is 2.25. The Morgan fingerprint density at radius 2 is 1.74 bits per heavy atom. The number of hydrogen-bond donors (Lipinski definition) is 1. The second-order valence-electron chi connectivity index (χ2n) is 6.93. The molecule has 1 aromatic carbocycles. The summed E-state index contributed by atoms with van der Waals surface area (Å²) < 4.78 is 0. The molecule has 5 heteroatoms. The molecule has 1 aromatic rings. The minimum atomic E-state index is -0.0527. The number of likely N-dealkylation sites (N-methyl/N-ethyl adjacent to an activating group) is 1. The van der Waals surface area contributed by atoms with E-state index < -0.39 is 0 Å². The van der Waals surface area contributed by atoms with Crippen LogP contribution in [0.5, 0.6) is 0 Å². The van der Waals surface area contributed by atoms with E-state index in [1.54, 1.807) is 0 Å². The topological polar surface area (TPSA) is 52.8 Å². The van der Waals surface area contributed by atoms with Crippen molar-refractivity contribution in [3.05, 3.63) is 35.4 Å². The quantitative estimate of drug-likeness (QED) is 0.522. The molecule has 1 aliphatic carbocycles. The minimum absolute atomic E-state index is 0.0527. The van der Waals surface area contributed by atoms with Crippen LogP contribution in [-0.4, -0.2) is 60.0 Å². The molecule has 0 unspecified atom stereocenters. The first-order chi connectivity index (χ1) is 11.1. The number of amides is 1. The number of piperazine rings is 1. The van der Waals surface area contributed by atoms with Crippen LogP contribution >= 0.6 is 0 Å². The summed E-state index contributed by atoms with van der Waals surface area (Å²) in [6.07, 6.45) is 4.42. The van der Waals surface area contributed by atoms with Gasteiger partial charge in [0.25, 0.3) is 5.91 Å². The Bertz CT molecular complexity index is 516. The van der Waals surface area contributed by atoms with Crippen LogP contribution in [0.1, 0.15) is 41.6 Å². The lowest BCUT2D eigenvalue weighted by atomic mass is 10.1. The first-order valence-corrected chi connectivity index (χ1v) is 8.71. The molecule has 2 N–H and O–H groups in total. The van der Waals surface area contributed by atoms with E-state index in [-0.39, 0.29) is 11.9 Å². The smallest absolute Gasteiger partial charge is 0.268 e. The maximum Gasteiger partial charge on any atom is 0.268 e. The van der Waals surface area contributed by atoms with Crippen molar-refractivity contribution in [2.75, 3.05) is 33.2 Å². The van der Waals surface area contributed by atoms with Gasteiger partial charge in [-0.3, -0.25) is 14.7 Å². The number of nitrogens with zero attached hydrogens (tertiary/aromatic N) is 3. The first kappa shape index (κ1) is 16.4. The van der Waals surface area contributed by atoms with Crippen LogP contribution in [-0.2, 0) is 6.54 Å². The molecule has 2 aliphatic rings. The summed E-state index contributed by atoms with van der Waals surface area (Å²) in [5, 5.41) is 1.45. The van der Waals surface area contributed by atoms with Crippen LogP contribution in [0.25, 0.3) is 0 Å². The summed E-state index contributed by atoms with van der Waals surface area (Å²) in [5.41, 5.74) is 1.96. The number of carbonyl (C=O) groups excluding carboxylic acids is 1. The summed E-state index contributed by atoms with van der Waals surface area (Å²) in [7, 11) is 2.17. The Hall–Kier alpha value is -1.43. The van der Waals surface area contributed by atoms with Crippen LogP contribution in [0.3, 0.4) is 0 Å². The molecule has 2 fully saturated rings. The molecule has 23 heavy (non-hydrogen) atoms. The lowest BCUT2D eigenvalue weighted by molar-refractivity contribution is 0.0681. The standard InChI is InChI=1S/C18H28N4O/c1-20-10-12-21(13-11-20)14-15-6-8-16(9-7-15)18(23)22(19)17-4-2-3-5-17/h6-9,17H,2-5,10-14,19H2,1H3. The van der Waals surface area contributed by atoms with Crippen molar-refractivity contribution in [1.29, 1.82) is 0 Å². The molecule has 1 heterocycles. The SMILES string of the molecule is CN1CCN(Cc2ccc(C(=O)N(N)C3CCCC3)cc2)CC1. The zero-order valence-electron chi connectivity index (χ0n) is 14.1. The van der Waals surface area contributed by atoms with Crippen molar-refractivity contribution < 1.29 is 4.79 Å². The highest BCUT2D eigenvalue weighted by molar-refractivity contribution is 5.94. The largest absolute Gasteiger partial charge is 0.304 e. The van der Waals surface area contributed by atoms with Crippen LogP contribution in [0, 0.1) is 0 Å². The Morgan fingerprint density at radius 3 is 2.35 bits per heavy atom. The van der Waals surface area contributed by atoms with Gasteiger partial charge in [0, 0.05) is 44.3 Å². The Morgan fingerprint density at radius 1 is 1.13 bits per heavy atom. The predicted octanol–water partition coefficient (Wildman–Crippen LogP) is 1.69. The van der Waals surface area contributed by atoms with Crippen molar-refractivity contribution in [1.82, 2.24) is 14.8 Å². The van der Waals surface area contributed by atoms with Crippen molar-refractivity contribution in [3.63, 3.8) is 0 Å². The number of nitrogens with two attached hydrogens (primary N) is 1. The first-order valence-electron chi connectivity index (χ1n) is 8.71. The third-order valence-electron chi connectivity index (χ3n) is 5.16. The predicted molar refractivity (Wildman–Crippen MR) is 91.8 cm³/mol. The third-order valence-corrected chi connectivity index (χ3v) is 5.16. The van der Waals surface area contributed by atoms with Gasteiger partial charge in [0.1, 0.15) is 0 Å². The van der Waals surface area contributed by atoms with Gasteiger partial charge in [0.15, 0.2) is 0 Å². The van der Waals surface area contributed by atoms with Gasteiger partial charge in [-0.1, -0.05) is 25.0 Å². The fourth-order valence-electron chi connectivity index (χ4n) is 3.51. The number of carbonyl (C=O) groups is 1.